The number of aliphatic hydroxyl groups is 1. The average molecular weight is 467 g/mol. The van der Waals surface area contributed by atoms with Crippen LogP contribution in [0.4, 0.5) is 0 Å². The Morgan fingerprint density at radius 2 is 1.48 bits per heavy atom. The minimum absolute atomic E-state index is 0.265. The molecule has 0 aliphatic carbocycles. The maximum Gasteiger partial charge on any atom is 0.469 e. The standard InChI is InChI=1S/C21H39O9P/c1-2-3-7-10-17-19(29-17)13-20-18(30-20)11-8-5-4-6-9-12-21(23)27-14-16(22)15-28-31(24,25)26/h16-20,22H,2-15H2,1H3,(H2,24,25,26)/t16-,17-,18-,19+,20+/m1/s1. The van der Waals surface area contributed by atoms with Crippen LogP contribution in [-0.2, 0) is 28.1 Å². The zero-order valence-corrected chi connectivity index (χ0v) is 19.4. The molecule has 2 saturated heterocycles. The number of phosphoric acid groups is 1. The summed E-state index contributed by atoms with van der Waals surface area (Å²) in [7, 11) is -4.63. The number of unbranched alkanes of at least 4 members (excludes halogenated alkanes) is 6. The molecular formula is C21H39O9P. The third-order valence-corrected chi connectivity index (χ3v) is 6.16. The molecule has 9 nitrogen and oxygen atoms in total. The van der Waals surface area contributed by atoms with Crippen molar-refractivity contribution in [3.8, 4) is 0 Å². The second-order valence-corrected chi connectivity index (χ2v) is 9.83. The van der Waals surface area contributed by atoms with Crippen LogP contribution < -0.4 is 0 Å². The van der Waals surface area contributed by atoms with E-state index in [0.717, 1.165) is 44.9 Å². The summed E-state index contributed by atoms with van der Waals surface area (Å²) in [6.45, 7) is 1.29. The first-order chi connectivity index (χ1) is 14.8. The van der Waals surface area contributed by atoms with Gasteiger partial charge in [-0.25, -0.2) is 4.57 Å². The zero-order valence-electron chi connectivity index (χ0n) is 18.5. The lowest BCUT2D eigenvalue weighted by molar-refractivity contribution is -0.147. The first-order valence-corrected chi connectivity index (χ1v) is 13.2. The number of aliphatic hydroxyl groups excluding tert-OH is 1. The maximum atomic E-state index is 11.6. The number of ether oxygens (including phenoxy) is 3. The fourth-order valence-corrected chi connectivity index (χ4v) is 4.11. The van der Waals surface area contributed by atoms with E-state index in [1.54, 1.807) is 0 Å². The Morgan fingerprint density at radius 3 is 2.10 bits per heavy atom. The fourth-order valence-electron chi connectivity index (χ4n) is 3.74. The fraction of sp³-hybridized carbons (Fsp3) is 0.952. The summed E-state index contributed by atoms with van der Waals surface area (Å²) in [4.78, 5) is 28.7. The average Bonchev–Trinajstić information content (AvgIpc) is 3.62. The molecular weight excluding hydrogens is 427 g/mol. The van der Waals surface area contributed by atoms with Gasteiger partial charge in [0.2, 0.25) is 0 Å². The van der Waals surface area contributed by atoms with Gasteiger partial charge in [-0.3, -0.25) is 9.32 Å². The summed E-state index contributed by atoms with van der Waals surface area (Å²) >= 11 is 0. The van der Waals surface area contributed by atoms with Crippen molar-refractivity contribution in [2.75, 3.05) is 13.2 Å². The smallest absolute Gasteiger partial charge is 0.463 e. The summed E-state index contributed by atoms with van der Waals surface area (Å²) in [6, 6.07) is 0. The summed E-state index contributed by atoms with van der Waals surface area (Å²) in [5, 5.41) is 9.44. The van der Waals surface area contributed by atoms with Crippen molar-refractivity contribution >= 4 is 13.8 Å². The van der Waals surface area contributed by atoms with Crippen LogP contribution in [0.15, 0.2) is 0 Å². The lowest BCUT2D eigenvalue weighted by Gasteiger charge is -2.12. The lowest BCUT2D eigenvalue weighted by Crippen LogP contribution is -2.23. The highest BCUT2D eigenvalue weighted by Gasteiger charge is 2.47. The Morgan fingerprint density at radius 1 is 0.903 bits per heavy atom. The Balaban J connectivity index is 1.34. The molecule has 2 fully saturated rings. The molecule has 2 aliphatic heterocycles. The monoisotopic (exact) mass is 466 g/mol. The molecule has 31 heavy (non-hydrogen) atoms. The van der Waals surface area contributed by atoms with E-state index < -0.39 is 26.5 Å². The highest BCUT2D eigenvalue weighted by Crippen LogP contribution is 2.39. The van der Waals surface area contributed by atoms with E-state index in [1.165, 1.54) is 25.7 Å². The van der Waals surface area contributed by atoms with E-state index in [1.807, 2.05) is 0 Å². The molecule has 0 saturated carbocycles. The van der Waals surface area contributed by atoms with Gasteiger partial charge in [-0.2, -0.15) is 0 Å². The summed E-state index contributed by atoms with van der Waals surface area (Å²) in [5.41, 5.74) is 0. The molecule has 0 bridgehead atoms. The third-order valence-electron chi connectivity index (χ3n) is 5.67. The van der Waals surface area contributed by atoms with Gasteiger partial charge >= 0.3 is 13.8 Å². The number of carbonyl (C=O) groups excluding carboxylic acids is 1. The van der Waals surface area contributed by atoms with Gasteiger partial charge in [-0.15, -0.1) is 0 Å². The number of carbonyl (C=O) groups is 1. The van der Waals surface area contributed by atoms with Crippen LogP contribution >= 0.6 is 7.82 Å². The van der Waals surface area contributed by atoms with Gasteiger partial charge in [-0.1, -0.05) is 51.9 Å². The molecule has 2 rings (SSSR count). The highest BCUT2D eigenvalue weighted by atomic mass is 31.2. The molecule has 0 aromatic rings. The number of hydrogen-bond acceptors (Lipinski definition) is 7. The highest BCUT2D eigenvalue weighted by molar-refractivity contribution is 7.46. The predicted octanol–water partition coefficient (Wildman–Crippen LogP) is 3.24. The van der Waals surface area contributed by atoms with Crippen molar-refractivity contribution in [3.05, 3.63) is 0 Å². The quantitative estimate of drug-likeness (QED) is 0.113. The van der Waals surface area contributed by atoms with Gasteiger partial charge in [0.25, 0.3) is 0 Å². The summed E-state index contributed by atoms with van der Waals surface area (Å²) in [5.74, 6) is -0.431. The normalized spacial score (nSPS) is 25.9. The van der Waals surface area contributed by atoms with Crippen LogP contribution in [0.3, 0.4) is 0 Å². The molecule has 10 heteroatoms. The van der Waals surface area contributed by atoms with Crippen molar-refractivity contribution in [2.24, 2.45) is 0 Å². The number of esters is 1. The minimum Gasteiger partial charge on any atom is -0.463 e. The van der Waals surface area contributed by atoms with Crippen molar-refractivity contribution in [3.63, 3.8) is 0 Å². The molecule has 182 valence electrons. The van der Waals surface area contributed by atoms with E-state index in [2.05, 4.69) is 11.4 Å². The van der Waals surface area contributed by atoms with Crippen LogP contribution in [0.2, 0.25) is 0 Å². The molecule has 0 amide bonds. The molecule has 3 N–H and O–H groups in total. The molecule has 0 unspecified atom stereocenters. The molecule has 5 atom stereocenters. The van der Waals surface area contributed by atoms with Gasteiger partial charge in [0.15, 0.2) is 0 Å². The Kier molecular flexibility index (Phi) is 12.0. The van der Waals surface area contributed by atoms with Gasteiger partial charge in [0.05, 0.1) is 31.0 Å². The van der Waals surface area contributed by atoms with Crippen molar-refractivity contribution in [1.82, 2.24) is 0 Å². The van der Waals surface area contributed by atoms with Crippen molar-refractivity contribution in [2.45, 2.75) is 114 Å². The largest absolute Gasteiger partial charge is 0.469 e. The van der Waals surface area contributed by atoms with Crippen LogP contribution in [0.25, 0.3) is 0 Å². The molecule has 2 aliphatic rings. The SMILES string of the molecule is CCCCC[C@H]1O[C@H]1C[C@@H]1O[C@@H]1CCCCCCCC(=O)OC[C@@H](O)COP(=O)(O)O. The van der Waals surface area contributed by atoms with Crippen LogP contribution in [0, 0.1) is 0 Å². The topological polar surface area (TPSA) is 138 Å². The molecule has 0 radical (unpaired) electrons. The number of epoxide rings is 2. The van der Waals surface area contributed by atoms with E-state index in [9.17, 15) is 14.5 Å². The van der Waals surface area contributed by atoms with Crippen LogP contribution in [0.1, 0.15) is 84.0 Å². The second-order valence-electron chi connectivity index (χ2n) is 8.59. The molecule has 0 aromatic heterocycles. The van der Waals surface area contributed by atoms with E-state index in [0.29, 0.717) is 24.4 Å². The van der Waals surface area contributed by atoms with E-state index >= 15 is 0 Å². The van der Waals surface area contributed by atoms with Crippen molar-refractivity contribution < 1.29 is 43.0 Å². The third kappa shape index (κ3) is 12.9. The first kappa shape index (κ1) is 26.7. The predicted molar refractivity (Wildman–Crippen MR) is 113 cm³/mol. The molecule has 0 spiro atoms. The zero-order chi connectivity index (χ0) is 22.7. The van der Waals surface area contributed by atoms with Gasteiger partial charge in [0, 0.05) is 12.8 Å². The Labute approximate surface area is 185 Å². The van der Waals surface area contributed by atoms with Gasteiger partial charge < -0.3 is 29.1 Å². The first-order valence-electron chi connectivity index (χ1n) is 11.6. The summed E-state index contributed by atoms with van der Waals surface area (Å²) in [6.07, 6.45) is 12.8. The Bertz CT molecular complexity index is 567. The van der Waals surface area contributed by atoms with E-state index in [4.69, 9.17) is 24.0 Å². The van der Waals surface area contributed by atoms with Crippen LogP contribution in [-0.4, -0.2) is 64.6 Å². The van der Waals surface area contributed by atoms with Crippen molar-refractivity contribution in [1.29, 1.82) is 0 Å². The van der Waals surface area contributed by atoms with Gasteiger partial charge in [0.1, 0.15) is 12.7 Å². The lowest BCUT2D eigenvalue weighted by atomic mass is 10.0. The van der Waals surface area contributed by atoms with Gasteiger partial charge in [-0.05, 0) is 19.3 Å². The Hall–Kier alpha value is -0.540. The number of rotatable bonds is 19. The molecule has 0 aromatic carbocycles. The minimum atomic E-state index is -4.63. The number of hydrogen-bond donors (Lipinski definition) is 3. The summed E-state index contributed by atoms with van der Waals surface area (Å²) < 4.78 is 31.0. The number of phosphoric ester groups is 1. The van der Waals surface area contributed by atoms with E-state index in [-0.39, 0.29) is 13.0 Å². The molecule has 2 heterocycles. The maximum absolute atomic E-state index is 11.6. The van der Waals surface area contributed by atoms with Crippen LogP contribution in [0.5, 0.6) is 0 Å². The second kappa shape index (κ2) is 13.9.